The number of nitrogens with two attached hydrogens (primary N) is 1. The maximum atomic E-state index is 6.22. The average molecular weight is 277 g/mol. The first-order chi connectivity index (χ1) is 9.76. The summed E-state index contributed by atoms with van der Waals surface area (Å²) in [5.74, 6) is 3.12. The van der Waals surface area contributed by atoms with E-state index in [0.717, 1.165) is 36.0 Å². The largest absolute Gasteiger partial charge is 0.489 e. The van der Waals surface area contributed by atoms with Crippen LogP contribution < -0.4 is 19.9 Å². The highest BCUT2D eigenvalue weighted by molar-refractivity contribution is 5.46. The van der Waals surface area contributed by atoms with E-state index in [0.29, 0.717) is 6.79 Å². The highest BCUT2D eigenvalue weighted by atomic mass is 16.7. The third-order valence-electron chi connectivity index (χ3n) is 4.28. The second kappa shape index (κ2) is 5.92. The van der Waals surface area contributed by atoms with Crippen LogP contribution in [-0.2, 0) is 0 Å². The topological polar surface area (TPSA) is 53.7 Å². The Morgan fingerprint density at radius 2 is 2.10 bits per heavy atom. The number of hydrogen-bond donors (Lipinski definition) is 1. The summed E-state index contributed by atoms with van der Waals surface area (Å²) in [6, 6.07) is 5.87. The van der Waals surface area contributed by atoms with E-state index >= 15 is 0 Å². The van der Waals surface area contributed by atoms with Crippen molar-refractivity contribution < 1.29 is 14.2 Å². The summed E-state index contributed by atoms with van der Waals surface area (Å²) >= 11 is 0. The van der Waals surface area contributed by atoms with E-state index in [9.17, 15) is 0 Å². The summed E-state index contributed by atoms with van der Waals surface area (Å²) in [6.45, 7) is 2.53. The van der Waals surface area contributed by atoms with Gasteiger partial charge in [-0.25, -0.2) is 0 Å². The lowest BCUT2D eigenvalue weighted by molar-refractivity contribution is 0.0990. The van der Waals surface area contributed by atoms with Gasteiger partial charge in [-0.05, 0) is 37.3 Å². The molecule has 1 fully saturated rings. The smallest absolute Gasteiger partial charge is 0.231 e. The first kappa shape index (κ1) is 13.6. The Kier molecular flexibility index (Phi) is 4.01. The van der Waals surface area contributed by atoms with E-state index in [1.54, 1.807) is 0 Å². The molecular formula is C16H23NO3. The average Bonchev–Trinajstić information content (AvgIpc) is 2.90. The summed E-state index contributed by atoms with van der Waals surface area (Å²) in [5.41, 5.74) is 6.22. The van der Waals surface area contributed by atoms with E-state index in [4.69, 9.17) is 19.9 Å². The normalized spacial score (nSPS) is 28.4. The maximum Gasteiger partial charge on any atom is 0.231 e. The van der Waals surface area contributed by atoms with Crippen LogP contribution in [0.1, 0.15) is 39.0 Å². The Morgan fingerprint density at radius 3 is 2.95 bits per heavy atom. The molecule has 0 bridgehead atoms. The fourth-order valence-corrected chi connectivity index (χ4v) is 3.17. The summed E-state index contributed by atoms with van der Waals surface area (Å²) in [7, 11) is 0. The van der Waals surface area contributed by atoms with Crippen molar-refractivity contribution in [2.75, 3.05) is 6.79 Å². The quantitative estimate of drug-likeness (QED) is 0.919. The molecule has 2 aliphatic rings. The Bertz CT molecular complexity index is 463. The predicted molar refractivity (Wildman–Crippen MR) is 77.2 cm³/mol. The van der Waals surface area contributed by atoms with Crippen molar-refractivity contribution in [1.82, 2.24) is 0 Å². The van der Waals surface area contributed by atoms with Crippen LogP contribution in [0.5, 0.6) is 17.2 Å². The molecule has 0 amide bonds. The molecule has 0 aromatic heterocycles. The van der Waals surface area contributed by atoms with Gasteiger partial charge in [0.15, 0.2) is 11.5 Å². The molecule has 1 aliphatic carbocycles. The molecule has 3 rings (SSSR count). The van der Waals surface area contributed by atoms with Crippen molar-refractivity contribution in [3.8, 4) is 17.2 Å². The number of rotatable bonds is 4. The van der Waals surface area contributed by atoms with Gasteiger partial charge in [0.25, 0.3) is 0 Å². The van der Waals surface area contributed by atoms with Crippen molar-refractivity contribution in [1.29, 1.82) is 0 Å². The van der Waals surface area contributed by atoms with Crippen molar-refractivity contribution in [3.05, 3.63) is 18.2 Å². The minimum Gasteiger partial charge on any atom is -0.489 e. The van der Waals surface area contributed by atoms with Crippen molar-refractivity contribution in [3.63, 3.8) is 0 Å². The second-order valence-electron chi connectivity index (χ2n) is 5.80. The molecular weight excluding hydrogens is 254 g/mol. The summed E-state index contributed by atoms with van der Waals surface area (Å²) in [6.07, 6.45) is 5.96. The highest BCUT2D eigenvalue weighted by Gasteiger charge is 2.29. The van der Waals surface area contributed by atoms with Crippen LogP contribution in [0.15, 0.2) is 18.2 Å². The summed E-state index contributed by atoms with van der Waals surface area (Å²) < 4.78 is 16.8. The molecule has 0 radical (unpaired) electrons. The number of fused-ring (bicyclic) bond motifs is 1. The van der Waals surface area contributed by atoms with Gasteiger partial charge in [-0.3, -0.25) is 0 Å². The molecule has 110 valence electrons. The van der Waals surface area contributed by atoms with Crippen LogP contribution >= 0.6 is 0 Å². The lowest BCUT2D eigenvalue weighted by atomic mass is 9.82. The Hall–Kier alpha value is -1.42. The molecule has 1 aromatic rings. The van der Waals surface area contributed by atoms with Crippen molar-refractivity contribution in [2.24, 2.45) is 11.7 Å². The van der Waals surface area contributed by atoms with Gasteiger partial charge in [0, 0.05) is 12.1 Å². The van der Waals surface area contributed by atoms with E-state index in [1.807, 2.05) is 18.2 Å². The molecule has 3 unspecified atom stereocenters. The molecule has 1 heterocycles. The van der Waals surface area contributed by atoms with E-state index in [-0.39, 0.29) is 12.1 Å². The fraction of sp³-hybridized carbons (Fsp3) is 0.625. The molecule has 0 saturated heterocycles. The van der Waals surface area contributed by atoms with Gasteiger partial charge in [-0.15, -0.1) is 0 Å². The number of ether oxygens (including phenoxy) is 3. The van der Waals surface area contributed by atoms with E-state index in [1.165, 1.54) is 19.3 Å². The predicted octanol–water partition coefficient (Wildman–Crippen LogP) is 3.09. The van der Waals surface area contributed by atoms with Crippen LogP contribution in [0.25, 0.3) is 0 Å². The highest BCUT2D eigenvalue weighted by Crippen LogP contribution is 2.37. The molecule has 20 heavy (non-hydrogen) atoms. The SMILES string of the molecule is CCCC1CCC(N)C(Oc2ccc3c(c2)OCO3)C1. The summed E-state index contributed by atoms with van der Waals surface area (Å²) in [5, 5.41) is 0. The van der Waals surface area contributed by atoms with Crippen LogP contribution in [0.3, 0.4) is 0 Å². The standard InChI is InChI=1S/C16H23NO3/c1-2-3-11-4-6-13(17)15(8-11)20-12-5-7-14-16(9-12)19-10-18-14/h5,7,9,11,13,15H,2-4,6,8,10,17H2,1H3. The van der Waals surface area contributed by atoms with Gasteiger partial charge in [-0.1, -0.05) is 19.8 Å². The fourth-order valence-electron chi connectivity index (χ4n) is 3.17. The zero-order valence-corrected chi connectivity index (χ0v) is 12.0. The molecule has 4 heteroatoms. The van der Waals surface area contributed by atoms with Crippen LogP contribution in [0.4, 0.5) is 0 Å². The molecule has 1 saturated carbocycles. The van der Waals surface area contributed by atoms with Gasteiger partial charge < -0.3 is 19.9 Å². The molecule has 1 aromatic carbocycles. The molecule has 0 spiro atoms. The van der Waals surface area contributed by atoms with Gasteiger partial charge in [0.1, 0.15) is 11.9 Å². The molecule has 4 nitrogen and oxygen atoms in total. The van der Waals surface area contributed by atoms with Crippen LogP contribution in [0, 0.1) is 5.92 Å². The minimum atomic E-state index is 0.112. The Balaban J connectivity index is 1.66. The van der Waals surface area contributed by atoms with Crippen molar-refractivity contribution in [2.45, 2.75) is 51.2 Å². The van der Waals surface area contributed by atoms with Crippen molar-refractivity contribution >= 4 is 0 Å². The monoisotopic (exact) mass is 277 g/mol. The maximum absolute atomic E-state index is 6.22. The van der Waals surface area contributed by atoms with Gasteiger partial charge in [-0.2, -0.15) is 0 Å². The van der Waals surface area contributed by atoms with Gasteiger partial charge in [0.2, 0.25) is 6.79 Å². The second-order valence-corrected chi connectivity index (χ2v) is 5.80. The Morgan fingerprint density at radius 1 is 1.25 bits per heavy atom. The minimum absolute atomic E-state index is 0.112. The van der Waals surface area contributed by atoms with Crippen LogP contribution in [-0.4, -0.2) is 18.9 Å². The third-order valence-corrected chi connectivity index (χ3v) is 4.28. The Labute approximate surface area is 120 Å². The lowest BCUT2D eigenvalue weighted by Crippen LogP contribution is -2.43. The first-order valence-electron chi connectivity index (χ1n) is 7.58. The van der Waals surface area contributed by atoms with Gasteiger partial charge >= 0.3 is 0 Å². The summed E-state index contributed by atoms with van der Waals surface area (Å²) in [4.78, 5) is 0. The lowest BCUT2D eigenvalue weighted by Gasteiger charge is -2.34. The zero-order chi connectivity index (χ0) is 13.9. The molecule has 1 aliphatic heterocycles. The first-order valence-corrected chi connectivity index (χ1v) is 7.58. The van der Waals surface area contributed by atoms with Gasteiger partial charge in [0.05, 0.1) is 0 Å². The van der Waals surface area contributed by atoms with E-state index < -0.39 is 0 Å². The number of hydrogen-bond acceptors (Lipinski definition) is 4. The van der Waals surface area contributed by atoms with E-state index in [2.05, 4.69) is 6.92 Å². The van der Waals surface area contributed by atoms with Crippen LogP contribution in [0.2, 0.25) is 0 Å². The third kappa shape index (κ3) is 2.85. The molecule has 2 N–H and O–H groups in total. The number of benzene rings is 1. The molecule has 3 atom stereocenters. The zero-order valence-electron chi connectivity index (χ0n) is 12.0.